The molecule has 2 aromatic carbocycles. The van der Waals surface area contributed by atoms with Gasteiger partial charge in [0, 0.05) is 4.90 Å². The van der Waals surface area contributed by atoms with Crippen molar-refractivity contribution >= 4 is 57.3 Å². The van der Waals surface area contributed by atoms with Crippen molar-refractivity contribution in [2.45, 2.75) is 30.8 Å². The van der Waals surface area contributed by atoms with E-state index in [9.17, 15) is 14.4 Å². The highest BCUT2D eigenvalue weighted by Gasteiger charge is 2.37. The second kappa shape index (κ2) is 8.80. The summed E-state index contributed by atoms with van der Waals surface area (Å²) in [5.74, 6) is -1.15. The van der Waals surface area contributed by atoms with Crippen LogP contribution < -0.4 is 10.2 Å². The summed E-state index contributed by atoms with van der Waals surface area (Å²) in [7, 11) is 0. The Morgan fingerprint density at radius 3 is 2.38 bits per heavy atom. The molecule has 1 aliphatic heterocycles. The molecule has 0 radical (unpaired) electrons. The van der Waals surface area contributed by atoms with Gasteiger partial charge in [0.2, 0.25) is 0 Å². The van der Waals surface area contributed by atoms with Gasteiger partial charge < -0.3 is 4.42 Å². The number of barbiturate groups is 1. The molecule has 0 bridgehead atoms. The van der Waals surface area contributed by atoms with E-state index >= 15 is 0 Å². The summed E-state index contributed by atoms with van der Waals surface area (Å²) in [6, 6.07) is 14.1. The second-order valence-corrected chi connectivity index (χ2v) is 9.33. The molecule has 1 aliphatic rings. The van der Waals surface area contributed by atoms with Crippen LogP contribution in [0.5, 0.6) is 0 Å². The highest BCUT2D eigenvalue weighted by molar-refractivity contribution is 9.10. The summed E-state index contributed by atoms with van der Waals surface area (Å²) >= 11 is 4.88. The van der Waals surface area contributed by atoms with E-state index in [0.29, 0.717) is 21.0 Å². The third-order valence-electron chi connectivity index (χ3n) is 5.04. The van der Waals surface area contributed by atoms with Crippen LogP contribution in [0.25, 0.3) is 6.08 Å². The minimum Gasteiger partial charge on any atom is -0.449 e. The first kappa shape index (κ1) is 22.1. The maximum atomic E-state index is 13.1. The van der Waals surface area contributed by atoms with Gasteiger partial charge in [-0.15, -0.1) is 0 Å². The molecule has 8 heteroatoms. The zero-order chi connectivity index (χ0) is 23.0. The number of urea groups is 1. The van der Waals surface area contributed by atoms with Gasteiger partial charge in [-0.25, -0.2) is 9.69 Å². The molecule has 0 aliphatic carbocycles. The third kappa shape index (κ3) is 4.42. The number of carbonyl (C=O) groups excluding carboxylic acids is 3. The Morgan fingerprint density at radius 1 is 0.969 bits per heavy atom. The van der Waals surface area contributed by atoms with Crippen molar-refractivity contribution in [2.75, 3.05) is 4.90 Å². The lowest BCUT2D eigenvalue weighted by Crippen LogP contribution is -2.54. The number of furan rings is 1. The van der Waals surface area contributed by atoms with Crippen molar-refractivity contribution in [2.24, 2.45) is 0 Å². The van der Waals surface area contributed by atoms with Crippen molar-refractivity contribution in [3.63, 3.8) is 0 Å². The number of halogens is 1. The van der Waals surface area contributed by atoms with E-state index in [1.165, 1.54) is 17.8 Å². The molecular weight excluding hydrogens is 492 g/mol. The lowest BCUT2D eigenvalue weighted by Gasteiger charge is -2.26. The second-order valence-electron chi connectivity index (χ2n) is 7.43. The molecule has 3 aromatic rings. The Balaban J connectivity index is 1.64. The summed E-state index contributed by atoms with van der Waals surface area (Å²) in [6.07, 6.45) is 1.35. The lowest BCUT2D eigenvalue weighted by atomic mass is 10.1. The minimum atomic E-state index is -0.781. The predicted molar refractivity (Wildman–Crippen MR) is 127 cm³/mol. The Bertz CT molecular complexity index is 1280. The smallest absolute Gasteiger partial charge is 0.335 e. The number of hydrogen-bond acceptors (Lipinski definition) is 5. The van der Waals surface area contributed by atoms with Gasteiger partial charge in [0.25, 0.3) is 11.8 Å². The molecule has 162 valence electrons. The summed E-state index contributed by atoms with van der Waals surface area (Å²) in [4.78, 5) is 39.9. The van der Waals surface area contributed by atoms with Gasteiger partial charge in [0.05, 0.1) is 10.2 Å². The Morgan fingerprint density at radius 2 is 1.69 bits per heavy atom. The van der Waals surface area contributed by atoms with Crippen LogP contribution in [0.15, 0.2) is 73.0 Å². The number of rotatable bonds is 4. The standard InChI is InChI=1S/C24H19BrN2O4S/c1-13-4-8-18(9-5-13)32-23-20(25)12-17(31-23)11-19-21(28)26-24(30)27(22(19)29)16-7-6-14(2)15(3)10-16/h4-12H,1-3H3,(H,26,28,30)/b19-11+. The molecule has 1 aromatic heterocycles. The van der Waals surface area contributed by atoms with Crippen molar-refractivity contribution in [3.05, 3.63) is 81.0 Å². The lowest BCUT2D eigenvalue weighted by molar-refractivity contribution is -0.122. The topological polar surface area (TPSA) is 79.6 Å². The largest absolute Gasteiger partial charge is 0.449 e. The molecule has 1 fully saturated rings. The van der Waals surface area contributed by atoms with Gasteiger partial charge in [-0.2, -0.15) is 0 Å². The number of hydrogen-bond donors (Lipinski definition) is 1. The van der Waals surface area contributed by atoms with Crippen LogP contribution in [0.3, 0.4) is 0 Å². The van der Waals surface area contributed by atoms with E-state index in [0.717, 1.165) is 26.5 Å². The van der Waals surface area contributed by atoms with Gasteiger partial charge in [-0.1, -0.05) is 35.5 Å². The average Bonchev–Trinajstić information content (AvgIpc) is 3.08. The zero-order valence-electron chi connectivity index (χ0n) is 17.6. The fraction of sp³-hybridized carbons (Fsp3) is 0.125. The van der Waals surface area contributed by atoms with Crippen molar-refractivity contribution < 1.29 is 18.8 Å². The molecule has 1 saturated heterocycles. The third-order valence-corrected chi connectivity index (χ3v) is 6.89. The molecule has 4 rings (SSSR count). The zero-order valence-corrected chi connectivity index (χ0v) is 20.0. The van der Waals surface area contributed by atoms with Crippen molar-refractivity contribution in [1.82, 2.24) is 5.32 Å². The molecule has 0 spiro atoms. The number of nitrogens with one attached hydrogen (secondary N) is 1. The monoisotopic (exact) mass is 510 g/mol. The number of benzene rings is 2. The van der Waals surface area contributed by atoms with E-state index in [4.69, 9.17) is 4.42 Å². The van der Waals surface area contributed by atoms with Gasteiger partial charge in [0.15, 0.2) is 5.09 Å². The summed E-state index contributed by atoms with van der Waals surface area (Å²) in [6.45, 7) is 5.84. The van der Waals surface area contributed by atoms with Gasteiger partial charge in [-0.05, 0) is 84.2 Å². The van der Waals surface area contributed by atoms with Crippen LogP contribution in [0.4, 0.5) is 10.5 Å². The number of anilines is 1. The first-order valence-electron chi connectivity index (χ1n) is 9.75. The van der Waals surface area contributed by atoms with E-state index < -0.39 is 17.8 Å². The molecule has 0 unspecified atom stereocenters. The fourth-order valence-corrected chi connectivity index (χ4v) is 4.45. The van der Waals surface area contributed by atoms with E-state index in [-0.39, 0.29) is 5.57 Å². The summed E-state index contributed by atoms with van der Waals surface area (Å²) in [5.41, 5.74) is 3.33. The Labute approximate surface area is 197 Å². The Hall–Kier alpha value is -3.10. The van der Waals surface area contributed by atoms with Crippen LogP contribution in [-0.4, -0.2) is 17.8 Å². The van der Waals surface area contributed by atoms with Crippen LogP contribution in [0, 0.1) is 20.8 Å². The maximum absolute atomic E-state index is 13.1. The van der Waals surface area contributed by atoms with Crippen LogP contribution >= 0.6 is 27.7 Å². The number of carbonyl (C=O) groups is 3. The minimum absolute atomic E-state index is 0.184. The molecular formula is C24H19BrN2O4S. The number of amides is 4. The molecule has 32 heavy (non-hydrogen) atoms. The first-order chi connectivity index (χ1) is 15.2. The number of aryl methyl sites for hydroxylation is 3. The van der Waals surface area contributed by atoms with E-state index in [1.54, 1.807) is 18.2 Å². The first-order valence-corrected chi connectivity index (χ1v) is 11.4. The average molecular weight is 511 g/mol. The van der Waals surface area contributed by atoms with Crippen LogP contribution in [-0.2, 0) is 9.59 Å². The normalized spacial score (nSPS) is 15.4. The molecule has 2 heterocycles. The maximum Gasteiger partial charge on any atom is 0.335 e. The van der Waals surface area contributed by atoms with Crippen molar-refractivity contribution in [1.29, 1.82) is 0 Å². The highest BCUT2D eigenvalue weighted by atomic mass is 79.9. The molecule has 6 nitrogen and oxygen atoms in total. The summed E-state index contributed by atoms with van der Waals surface area (Å²) in [5, 5.41) is 2.82. The summed E-state index contributed by atoms with van der Waals surface area (Å²) < 4.78 is 6.55. The van der Waals surface area contributed by atoms with E-state index in [1.807, 2.05) is 51.1 Å². The molecule has 0 atom stereocenters. The number of nitrogens with zero attached hydrogens (tertiary/aromatic N) is 1. The SMILES string of the molecule is Cc1ccc(Sc2oc(/C=C3\C(=O)NC(=O)N(c4ccc(C)c(C)c4)C3=O)cc2Br)cc1. The van der Waals surface area contributed by atoms with Crippen LogP contribution in [0.1, 0.15) is 22.5 Å². The molecule has 1 N–H and O–H groups in total. The highest BCUT2D eigenvalue weighted by Crippen LogP contribution is 2.37. The van der Waals surface area contributed by atoms with E-state index in [2.05, 4.69) is 21.2 Å². The van der Waals surface area contributed by atoms with Crippen molar-refractivity contribution in [3.8, 4) is 0 Å². The molecule has 0 saturated carbocycles. The van der Waals surface area contributed by atoms with Gasteiger partial charge in [-0.3, -0.25) is 14.9 Å². The van der Waals surface area contributed by atoms with Crippen LogP contribution in [0.2, 0.25) is 0 Å². The fourth-order valence-electron chi connectivity index (χ4n) is 3.12. The Kier molecular flexibility index (Phi) is 6.08. The van der Waals surface area contributed by atoms with Gasteiger partial charge >= 0.3 is 6.03 Å². The van der Waals surface area contributed by atoms with Gasteiger partial charge in [0.1, 0.15) is 11.3 Å². The molecule has 4 amide bonds. The quantitative estimate of drug-likeness (QED) is 0.355. The number of imide groups is 2. The predicted octanol–water partition coefficient (Wildman–Crippen LogP) is 5.78.